The molecule has 2 rings (SSSR count). The van der Waals surface area contributed by atoms with Gasteiger partial charge in [-0.15, -0.1) is 0 Å². The summed E-state index contributed by atoms with van der Waals surface area (Å²) >= 11 is 0. The van der Waals surface area contributed by atoms with E-state index < -0.39 is 29.6 Å². The Morgan fingerprint density at radius 3 is 2.40 bits per heavy atom. The van der Waals surface area contributed by atoms with E-state index in [0.717, 1.165) is 17.7 Å². The zero-order chi connectivity index (χ0) is 18.4. The highest BCUT2D eigenvalue weighted by Gasteiger charge is 2.20. The minimum atomic E-state index is -1.03. The summed E-state index contributed by atoms with van der Waals surface area (Å²) in [5.41, 5.74) is 1.60. The van der Waals surface area contributed by atoms with E-state index in [1.165, 1.54) is 19.1 Å². The molecular formula is C19H18FNO4. The van der Waals surface area contributed by atoms with Crippen LogP contribution in [-0.4, -0.2) is 30.3 Å². The molecule has 1 atom stereocenters. The second-order valence-corrected chi connectivity index (χ2v) is 5.56. The number of hydrogen-bond acceptors (Lipinski definition) is 4. The number of amides is 1. The number of ketones is 1. The highest BCUT2D eigenvalue weighted by atomic mass is 19.1. The number of aryl methyl sites for hydroxylation is 1. The molecule has 0 aliphatic rings. The van der Waals surface area contributed by atoms with E-state index in [2.05, 4.69) is 5.32 Å². The van der Waals surface area contributed by atoms with Gasteiger partial charge in [0.15, 0.2) is 6.10 Å². The molecule has 0 fully saturated rings. The van der Waals surface area contributed by atoms with Crippen molar-refractivity contribution in [2.24, 2.45) is 0 Å². The van der Waals surface area contributed by atoms with Crippen LogP contribution >= 0.6 is 0 Å². The fourth-order valence-electron chi connectivity index (χ4n) is 2.18. The molecule has 0 unspecified atom stereocenters. The van der Waals surface area contributed by atoms with Crippen LogP contribution in [0.15, 0.2) is 48.5 Å². The first-order chi connectivity index (χ1) is 11.9. The summed E-state index contributed by atoms with van der Waals surface area (Å²) in [6.07, 6.45) is -1.03. The fraction of sp³-hybridized carbons (Fsp3) is 0.211. The molecule has 0 spiro atoms. The average molecular weight is 343 g/mol. The van der Waals surface area contributed by atoms with Crippen molar-refractivity contribution in [1.82, 2.24) is 5.32 Å². The first kappa shape index (κ1) is 18.3. The van der Waals surface area contributed by atoms with Crippen molar-refractivity contribution in [3.05, 3.63) is 71.0 Å². The molecule has 0 saturated heterocycles. The Hall–Kier alpha value is -3.02. The molecule has 5 nitrogen and oxygen atoms in total. The molecule has 0 saturated carbocycles. The minimum Gasteiger partial charge on any atom is -0.453 e. The predicted octanol–water partition coefficient (Wildman–Crippen LogP) is 2.68. The Labute approximate surface area is 144 Å². The zero-order valence-electron chi connectivity index (χ0n) is 13.9. The number of benzene rings is 2. The van der Waals surface area contributed by atoms with Gasteiger partial charge in [0.2, 0.25) is 5.78 Å². The second-order valence-electron chi connectivity index (χ2n) is 5.56. The van der Waals surface area contributed by atoms with Crippen molar-refractivity contribution in [3.63, 3.8) is 0 Å². The average Bonchev–Trinajstić information content (AvgIpc) is 2.59. The van der Waals surface area contributed by atoms with Crippen LogP contribution in [0.3, 0.4) is 0 Å². The van der Waals surface area contributed by atoms with Gasteiger partial charge in [0.25, 0.3) is 5.91 Å². The van der Waals surface area contributed by atoms with Crippen molar-refractivity contribution >= 4 is 17.7 Å². The van der Waals surface area contributed by atoms with Crippen LogP contribution in [0.1, 0.15) is 33.2 Å². The Kier molecular flexibility index (Phi) is 6.00. The molecule has 25 heavy (non-hydrogen) atoms. The number of carbonyl (C=O) groups is 3. The molecule has 0 aliphatic carbocycles. The third kappa shape index (κ3) is 5.24. The number of ether oxygens (including phenoxy) is 1. The van der Waals surface area contributed by atoms with E-state index >= 15 is 0 Å². The van der Waals surface area contributed by atoms with Crippen molar-refractivity contribution in [1.29, 1.82) is 0 Å². The predicted molar refractivity (Wildman–Crippen MR) is 89.8 cm³/mol. The normalized spacial score (nSPS) is 11.5. The molecule has 0 heterocycles. The van der Waals surface area contributed by atoms with Crippen LogP contribution in [0.2, 0.25) is 0 Å². The summed E-state index contributed by atoms with van der Waals surface area (Å²) in [5, 5.41) is 2.44. The number of carbonyl (C=O) groups excluding carboxylic acids is 3. The zero-order valence-corrected chi connectivity index (χ0v) is 13.9. The molecule has 0 bridgehead atoms. The van der Waals surface area contributed by atoms with Gasteiger partial charge in [0.1, 0.15) is 12.4 Å². The van der Waals surface area contributed by atoms with Crippen LogP contribution in [0.4, 0.5) is 4.39 Å². The van der Waals surface area contributed by atoms with Gasteiger partial charge in [0.05, 0.1) is 0 Å². The lowest BCUT2D eigenvalue weighted by Gasteiger charge is -2.13. The maximum absolute atomic E-state index is 12.9. The molecule has 130 valence electrons. The molecule has 2 aromatic carbocycles. The summed E-state index contributed by atoms with van der Waals surface area (Å²) in [7, 11) is 0. The van der Waals surface area contributed by atoms with Crippen molar-refractivity contribution < 1.29 is 23.5 Å². The van der Waals surface area contributed by atoms with Gasteiger partial charge in [-0.1, -0.05) is 17.7 Å². The molecule has 2 aromatic rings. The minimum absolute atomic E-state index is 0.241. The molecule has 0 aliphatic heterocycles. The van der Waals surface area contributed by atoms with E-state index in [1.54, 1.807) is 18.2 Å². The quantitative estimate of drug-likeness (QED) is 0.646. The van der Waals surface area contributed by atoms with Crippen LogP contribution in [-0.2, 0) is 9.53 Å². The van der Waals surface area contributed by atoms with Gasteiger partial charge in [-0.3, -0.25) is 14.4 Å². The van der Waals surface area contributed by atoms with E-state index in [0.29, 0.717) is 5.56 Å². The van der Waals surface area contributed by atoms with Crippen LogP contribution in [0.5, 0.6) is 0 Å². The third-order valence-corrected chi connectivity index (χ3v) is 3.48. The smallest absolute Gasteiger partial charge is 0.326 e. The van der Waals surface area contributed by atoms with E-state index in [1.807, 2.05) is 13.0 Å². The number of esters is 1. The molecule has 1 amide bonds. The molecule has 6 heteroatoms. The summed E-state index contributed by atoms with van der Waals surface area (Å²) in [6.45, 7) is 2.92. The first-order valence-corrected chi connectivity index (χ1v) is 7.71. The number of nitrogens with one attached hydrogen (secondary N) is 1. The van der Waals surface area contributed by atoms with E-state index in [9.17, 15) is 18.8 Å². The maximum Gasteiger partial charge on any atom is 0.326 e. The van der Waals surface area contributed by atoms with Crippen LogP contribution in [0.25, 0.3) is 0 Å². The van der Waals surface area contributed by atoms with Gasteiger partial charge in [-0.05, 0) is 50.2 Å². The molecular weight excluding hydrogens is 325 g/mol. The lowest BCUT2D eigenvalue weighted by atomic mass is 10.1. The van der Waals surface area contributed by atoms with Crippen LogP contribution in [0, 0.1) is 12.7 Å². The number of rotatable bonds is 6. The number of hydrogen-bond donors (Lipinski definition) is 1. The summed E-state index contributed by atoms with van der Waals surface area (Å²) in [5.74, 6) is -2.04. The van der Waals surface area contributed by atoms with Crippen molar-refractivity contribution in [2.45, 2.75) is 20.0 Å². The lowest BCUT2D eigenvalue weighted by molar-refractivity contribution is -0.145. The van der Waals surface area contributed by atoms with Gasteiger partial charge in [-0.2, -0.15) is 0 Å². The highest BCUT2D eigenvalue weighted by molar-refractivity contribution is 6.00. The monoisotopic (exact) mass is 343 g/mol. The van der Waals surface area contributed by atoms with Gasteiger partial charge >= 0.3 is 5.97 Å². The first-order valence-electron chi connectivity index (χ1n) is 7.71. The van der Waals surface area contributed by atoms with E-state index in [-0.39, 0.29) is 12.1 Å². The summed E-state index contributed by atoms with van der Waals surface area (Å²) in [6, 6.07) is 11.9. The Bertz CT molecular complexity index is 786. The van der Waals surface area contributed by atoms with Gasteiger partial charge in [0, 0.05) is 11.1 Å². The van der Waals surface area contributed by atoms with Crippen LogP contribution < -0.4 is 5.32 Å². The largest absolute Gasteiger partial charge is 0.453 e. The second kappa shape index (κ2) is 8.19. The van der Waals surface area contributed by atoms with Crippen molar-refractivity contribution in [3.8, 4) is 0 Å². The molecule has 0 aromatic heterocycles. The fourth-order valence-corrected chi connectivity index (χ4v) is 2.18. The number of halogens is 1. The molecule has 1 N–H and O–H groups in total. The lowest BCUT2D eigenvalue weighted by Crippen LogP contribution is -2.34. The topological polar surface area (TPSA) is 72.5 Å². The van der Waals surface area contributed by atoms with E-state index in [4.69, 9.17) is 4.74 Å². The van der Waals surface area contributed by atoms with Gasteiger partial charge in [-0.25, -0.2) is 4.39 Å². The maximum atomic E-state index is 12.9. The summed E-state index contributed by atoms with van der Waals surface area (Å²) in [4.78, 5) is 35.9. The number of Topliss-reactive ketones (excluding diaryl/α,β-unsaturated/α-hetero) is 1. The Morgan fingerprint density at radius 2 is 1.76 bits per heavy atom. The standard InChI is InChI=1S/C19H18FNO4/c1-12-4-3-5-15(10-12)19(24)21-11-17(22)25-13(2)18(23)14-6-8-16(20)9-7-14/h3-10,13H,11H2,1-2H3,(H,21,24)/t13-/m0/s1. The third-order valence-electron chi connectivity index (χ3n) is 3.48. The summed E-state index contributed by atoms with van der Waals surface area (Å²) < 4.78 is 17.9. The van der Waals surface area contributed by atoms with Crippen molar-refractivity contribution in [2.75, 3.05) is 6.54 Å². The Balaban J connectivity index is 1.86. The highest BCUT2D eigenvalue weighted by Crippen LogP contribution is 2.08. The Morgan fingerprint density at radius 1 is 1.08 bits per heavy atom. The molecule has 0 radical (unpaired) electrons. The van der Waals surface area contributed by atoms with Gasteiger partial charge < -0.3 is 10.1 Å². The SMILES string of the molecule is Cc1cccc(C(=O)NCC(=O)O[C@@H](C)C(=O)c2ccc(F)cc2)c1.